The predicted molar refractivity (Wildman–Crippen MR) is 55.2 cm³/mol. The molecular weight excluding hydrogens is 256 g/mol. The Bertz CT molecular complexity index is 391. The quantitative estimate of drug-likeness (QED) is 0.372. The molecule has 0 unspecified atom stereocenters. The fourth-order valence-corrected chi connectivity index (χ4v) is 0.425. The summed E-state index contributed by atoms with van der Waals surface area (Å²) in [7, 11) is -4.67. The molecule has 0 atom stereocenters. The normalized spacial score (nSPS) is 9.12. The summed E-state index contributed by atoms with van der Waals surface area (Å²) in [4.78, 5) is 20.6. The Kier molecular flexibility index (Phi) is 10.0. The SMILES string of the molecule is CCC#COC(=O)CCC(=O)O.O=S(=O)(O)O. The Morgan fingerprint density at radius 1 is 1.24 bits per heavy atom. The third kappa shape index (κ3) is 31.4. The second-order valence-corrected chi connectivity index (χ2v) is 3.34. The number of carbonyl (C=O) groups is 2. The topological polar surface area (TPSA) is 138 Å². The molecule has 3 N–H and O–H groups in total. The Labute approximate surface area is 98.2 Å². The van der Waals surface area contributed by atoms with Crippen LogP contribution in [-0.4, -0.2) is 34.6 Å². The van der Waals surface area contributed by atoms with Crippen LogP contribution in [0.4, 0.5) is 0 Å². The van der Waals surface area contributed by atoms with Crippen LogP contribution in [0.5, 0.6) is 0 Å². The van der Waals surface area contributed by atoms with Gasteiger partial charge in [-0.15, -0.1) is 0 Å². The molecule has 98 valence electrons. The molecule has 8 nitrogen and oxygen atoms in total. The van der Waals surface area contributed by atoms with Gasteiger partial charge in [-0.25, -0.2) is 0 Å². The summed E-state index contributed by atoms with van der Waals surface area (Å²) in [5.74, 6) is 0.909. The molecule has 0 aliphatic heterocycles. The van der Waals surface area contributed by atoms with Crippen molar-refractivity contribution in [3.05, 3.63) is 0 Å². The molecule has 0 rings (SSSR count). The van der Waals surface area contributed by atoms with Crippen LogP contribution in [0.1, 0.15) is 26.2 Å². The molecule has 0 amide bonds. The highest BCUT2D eigenvalue weighted by molar-refractivity contribution is 7.79. The maximum Gasteiger partial charge on any atom is 0.394 e. The van der Waals surface area contributed by atoms with E-state index in [2.05, 4.69) is 16.8 Å². The summed E-state index contributed by atoms with van der Waals surface area (Å²) in [6.45, 7) is 1.82. The first-order valence-corrected chi connectivity index (χ1v) is 5.65. The van der Waals surface area contributed by atoms with Crippen molar-refractivity contribution in [2.24, 2.45) is 0 Å². The lowest BCUT2D eigenvalue weighted by Gasteiger charge is -1.91. The zero-order valence-corrected chi connectivity index (χ0v) is 9.73. The van der Waals surface area contributed by atoms with Crippen LogP contribution in [0, 0.1) is 12.0 Å². The molecule has 17 heavy (non-hydrogen) atoms. The van der Waals surface area contributed by atoms with Gasteiger partial charge in [0, 0.05) is 6.42 Å². The number of esters is 1. The molecule has 0 heterocycles. The third-order valence-corrected chi connectivity index (χ3v) is 0.957. The van der Waals surface area contributed by atoms with Crippen LogP contribution in [-0.2, 0) is 24.7 Å². The highest BCUT2D eigenvalue weighted by atomic mass is 32.3. The Hall–Kier alpha value is -1.63. The second kappa shape index (κ2) is 9.59. The molecule has 0 saturated carbocycles. The van der Waals surface area contributed by atoms with Crippen LogP contribution in [0.15, 0.2) is 0 Å². The molecular formula is C8H12O8S. The number of carbonyl (C=O) groups excluding carboxylic acids is 1. The van der Waals surface area contributed by atoms with Crippen molar-refractivity contribution in [1.82, 2.24) is 0 Å². The Balaban J connectivity index is 0. The van der Waals surface area contributed by atoms with Crippen LogP contribution in [0.3, 0.4) is 0 Å². The van der Waals surface area contributed by atoms with E-state index in [0.29, 0.717) is 6.42 Å². The number of hydrogen-bond acceptors (Lipinski definition) is 5. The van der Waals surface area contributed by atoms with Gasteiger partial charge in [0.2, 0.25) is 0 Å². The molecule has 9 heteroatoms. The van der Waals surface area contributed by atoms with E-state index in [4.69, 9.17) is 22.6 Å². The first-order chi connectivity index (χ1) is 7.66. The van der Waals surface area contributed by atoms with E-state index in [1.54, 1.807) is 0 Å². The maximum absolute atomic E-state index is 10.6. The van der Waals surface area contributed by atoms with E-state index in [1.165, 1.54) is 0 Å². The van der Waals surface area contributed by atoms with E-state index in [0.717, 1.165) is 0 Å². The van der Waals surface area contributed by atoms with Crippen LogP contribution >= 0.6 is 0 Å². The summed E-state index contributed by atoms with van der Waals surface area (Å²) in [6, 6.07) is 0. The number of aliphatic carboxylic acids is 1. The minimum atomic E-state index is -4.67. The lowest BCUT2D eigenvalue weighted by molar-refractivity contribution is -0.143. The largest absolute Gasteiger partial charge is 0.481 e. The van der Waals surface area contributed by atoms with Crippen molar-refractivity contribution < 1.29 is 37.0 Å². The van der Waals surface area contributed by atoms with Crippen LogP contribution < -0.4 is 0 Å². The van der Waals surface area contributed by atoms with Gasteiger partial charge in [0.1, 0.15) is 6.11 Å². The standard InChI is InChI=1S/C8H10O4.H2O4S/c1-2-3-6-12-8(11)5-4-7(9)10;1-5(2,3)4/h2,4-5H2,1H3,(H,9,10);(H2,1,2,3,4). The number of carboxylic acid groups (broad SMARTS) is 1. The minimum Gasteiger partial charge on any atom is -0.481 e. The van der Waals surface area contributed by atoms with Crippen molar-refractivity contribution in [2.75, 3.05) is 0 Å². The van der Waals surface area contributed by atoms with E-state index in [-0.39, 0.29) is 12.8 Å². The lowest BCUT2D eigenvalue weighted by atomic mass is 10.3. The molecule has 0 aromatic heterocycles. The molecule has 0 aromatic rings. The van der Waals surface area contributed by atoms with Crippen molar-refractivity contribution in [2.45, 2.75) is 26.2 Å². The summed E-state index contributed by atoms with van der Waals surface area (Å²) < 4.78 is 36.0. The monoisotopic (exact) mass is 268 g/mol. The van der Waals surface area contributed by atoms with Gasteiger partial charge in [-0.3, -0.25) is 18.7 Å². The fraction of sp³-hybridized carbons (Fsp3) is 0.500. The highest BCUT2D eigenvalue weighted by Gasteiger charge is 2.04. The predicted octanol–water partition coefficient (Wildman–Crippen LogP) is 0.113. The van der Waals surface area contributed by atoms with Crippen molar-refractivity contribution in [1.29, 1.82) is 0 Å². The summed E-state index contributed by atoms with van der Waals surface area (Å²) in [6.07, 6.45) is 2.42. The van der Waals surface area contributed by atoms with Crippen molar-refractivity contribution >= 4 is 22.3 Å². The third-order valence-electron chi connectivity index (χ3n) is 0.957. The maximum atomic E-state index is 10.6. The summed E-state index contributed by atoms with van der Waals surface area (Å²) in [5.41, 5.74) is 0. The summed E-state index contributed by atoms with van der Waals surface area (Å²) >= 11 is 0. The van der Waals surface area contributed by atoms with Crippen LogP contribution in [0.2, 0.25) is 0 Å². The van der Waals surface area contributed by atoms with E-state index < -0.39 is 22.3 Å². The van der Waals surface area contributed by atoms with Crippen LogP contribution in [0.25, 0.3) is 0 Å². The minimum absolute atomic E-state index is 0.131. The van der Waals surface area contributed by atoms with E-state index >= 15 is 0 Å². The average Bonchev–Trinajstić information content (AvgIpc) is 2.12. The van der Waals surface area contributed by atoms with Gasteiger partial charge >= 0.3 is 22.3 Å². The smallest absolute Gasteiger partial charge is 0.394 e. The Morgan fingerprint density at radius 3 is 2.06 bits per heavy atom. The molecule has 0 saturated heterocycles. The Morgan fingerprint density at radius 2 is 1.71 bits per heavy atom. The first-order valence-electron chi connectivity index (χ1n) is 4.26. The number of hydrogen-bond donors (Lipinski definition) is 3. The van der Waals surface area contributed by atoms with Gasteiger partial charge in [-0.05, 0) is 0 Å². The first kappa shape index (κ1) is 17.8. The van der Waals surface area contributed by atoms with Crippen molar-refractivity contribution in [3.8, 4) is 12.0 Å². The molecule has 0 aromatic carbocycles. The van der Waals surface area contributed by atoms with E-state index in [9.17, 15) is 9.59 Å². The van der Waals surface area contributed by atoms with Gasteiger partial charge in [0.25, 0.3) is 0 Å². The zero-order chi connectivity index (χ0) is 13.9. The van der Waals surface area contributed by atoms with Gasteiger partial charge in [0.15, 0.2) is 0 Å². The van der Waals surface area contributed by atoms with Crippen molar-refractivity contribution in [3.63, 3.8) is 0 Å². The molecule has 0 aliphatic rings. The summed E-state index contributed by atoms with van der Waals surface area (Å²) in [5, 5.41) is 8.19. The van der Waals surface area contributed by atoms with Gasteiger partial charge < -0.3 is 9.84 Å². The average molecular weight is 268 g/mol. The lowest BCUT2D eigenvalue weighted by Crippen LogP contribution is -2.04. The zero-order valence-electron chi connectivity index (χ0n) is 8.91. The highest BCUT2D eigenvalue weighted by Crippen LogP contribution is 1.91. The van der Waals surface area contributed by atoms with Gasteiger partial charge in [-0.2, -0.15) is 8.42 Å². The number of ether oxygens (including phenoxy) is 1. The number of carboxylic acids is 1. The molecule has 0 radical (unpaired) electrons. The molecule has 0 spiro atoms. The second-order valence-electron chi connectivity index (χ2n) is 2.45. The number of rotatable bonds is 3. The molecule has 0 fully saturated rings. The van der Waals surface area contributed by atoms with E-state index in [1.807, 2.05) is 6.92 Å². The molecule has 0 aliphatic carbocycles. The molecule has 0 bridgehead atoms. The van der Waals surface area contributed by atoms with Gasteiger partial charge in [0.05, 0.1) is 12.8 Å². The van der Waals surface area contributed by atoms with Gasteiger partial charge in [-0.1, -0.05) is 12.8 Å². The fourth-order valence-electron chi connectivity index (χ4n) is 0.425.